The minimum absolute atomic E-state index is 0. The van der Waals surface area contributed by atoms with Crippen LogP contribution >= 0.6 is 11.8 Å². The molecule has 1 amide bonds. The molecule has 0 aliphatic carbocycles. The van der Waals surface area contributed by atoms with Crippen molar-refractivity contribution in [1.29, 1.82) is 0 Å². The molecule has 13 aliphatic heterocycles. The fraction of sp³-hybridized carbons (Fsp3) is 0.780. The van der Waals surface area contributed by atoms with Crippen molar-refractivity contribution in [2.24, 2.45) is 0 Å². The average Bonchev–Trinajstić information content (AvgIpc) is 4.05. The molecule has 14 rings (SSSR count). The van der Waals surface area contributed by atoms with Crippen LogP contribution in [-0.4, -0.2) is 140 Å². The highest BCUT2D eigenvalue weighted by atomic mass is 32.2. The number of ether oxygens (including phenoxy) is 4. The Balaban J connectivity index is -0.000000784. The molecule has 4 bridgehead atoms. The highest BCUT2D eigenvalue weighted by Crippen LogP contribution is 2.33. The highest BCUT2D eigenvalue weighted by Gasteiger charge is 2.31. The number of nitrogens with one attached hydrogen (secondary N) is 6. The van der Waals surface area contributed by atoms with Crippen LogP contribution in [0.15, 0.2) is 59.8 Å². The van der Waals surface area contributed by atoms with Gasteiger partial charge in [-0.15, -0.1) is 11.8 Å². The van der Waals surface area contributed by atoms with Crippen molar-refractivity contribution in [2.75, 3.05) is 91.1 Å². The summed E-state index contributed by atoms with van der Waals surface area (Å²) in [5.74, 6) is 2.02. The van der Waals surface area contributed by atoms with Crippen molar-refractivity contribution < 1.29 is 32.2 Å². The average molecular weight is 1120 g/mol. The predicted octanol–water partition coefficient (Wildman–Crippen LogP) is 12.4. The van der Waals surface area contributed by atoms with Gasteiger partial charge in [-0.05, 0) is 164 Å². The minimum atomic E-state index is -2.87. The smallest absolute Gasteiger partial charge is 0.407 e. The first-order valence-corrected chi connectivity index (χ1v) is 29.4. The number of sulfonamides is 1. The largest absolute Gasteiger partial charge is 0.486 e. The minimum Gasteiger partial charge on any atom is -0.486 e. The Kier molecular flexibility index (Phi) is 49.8. The maximum absolute atomic E-state index is 10.8. The quantitative estimate of drug-likeness (QED) is 0.145. The number of cyclic esters (lactones) is 1. The number of para-hydroxylation sites is 2. The molecule has 17 heteroatoms. The SMILES string of the molecule is C.C.C.C.C.C.C.C1=CNCCC1.C1=CSC=CN1.C1CC2CCC1O2.C1CCN2CCCCC2C1.C1CCNCC1.C1CN2CCC1NC2.O=C1NCCCO1.O=S1(=O)CCCCCN1.c1ccc2c(c1)OCCO2. The number of carbonyl (C=O) groups excluding carboxylic acids is 1. The molecule has 1 aromatic carbocycles. The number of allylic oxidation sites excluding steroid dienone is 1. The van der Waals surface area contributed by atoms with Gasteiger partial charge in [0.1, 0.15) is 13.2 Å². The van der Waals surface area contributed by atoms with E-state index in [2.05, 4.69) is 51.9 Å². The van der Waals surface area contributed by atoms with Crippen molar-refractivity contribution in [3.63, 3.8) is 0 Å². The zero-order chi connectivity index (χ0) is 48.3. The second-order valence-corrected chi connectivity index (χ2v) is 21.8. The number of piperidine rings is 4. The third kappa shape index (κ3) is 35.5. The monoisotopic (exact) mass is 1110 g/mol. The van der Waals surface area contributed by atoms with Gasteiger partial charge in [-0.1, -0.05) is 95.9 Å². The molecule has 13 aliphatic rings. The van der Waals surface area contributed by atoms with E-state index in [4.69, 9.17) is 14.2 Å². The van der Waals surface area contributed by atoms with E-state index < -0.39 is 10.0 Å². The van der Waals surface area contributed by atoms with Crippen LogP contribution < -0.4 is 40.8 Å². The van der Waals surface area contributed by atoms with E-state index in [-0.39, 0.29) is 58.1 Å². The second kappa shape index (κ2) is 49.0. The summed E-state index contributed by atoms with van der Waals surface area (Å²) < 4.78 is 44.6. The molecule has 15 nitrogen and oxygen atoms in total. The number of alkyl carbamates (subject to hydrolysis) is 1. The maximum atomic E-state index is 10.8. The number of fused-ring (bicyclic) bond motifs is 7. The number of carbonyl (C=O) groups is 1. The van der Waals surface area contributed by atoms with Crippen molar-refractivity contribution in [3.8, 4) is 11.5 Å². The van der Waals surface area contributed by atoms with Gasteiger partial charge >= 0.3 is 6.09 Å². The van der Waals surface area contributed by atoms with E-state index in [0.29, 0.717) is 44.3 Å². The number of amides is 1. The molecule has 10 saturated heterocycles. The number of nitrogens with zero attached hydrogens (tertiary/aromatic N) is 2. The van der Waals surface area contributed by atoms with E-state index in [0.717, 1.165) is 69.0 Å². The second-order valence-electron chi connectivity index (χ2n) is 19.0. The molecule has 6 N–H and O–H groups in total. The summed E-state index contributed by atoms with van der Waals surface area (Å²) in [6, 6.07) is 9.55. The van der Waals surface area contributed by atoms with Gasteiger partial charge in [0, 0.05) is 63.9 Å². The topological polar surface area (TPSA) is 167 Å². The van der Waals surface area contributed by atoms with Gasteiger partial charge in [-0.2, -0.15) is 0 Å². The van der Waals surface area contributed by atoms with E-state index in [1.165, 1.54) is 148 Å². The standard InChI is InChI=1S/C9H17N.C8H8O2.C6H12N2.C6H10O.C5H11NO2S.C5H11N.C5H9N.C4H7NO2.C4H5NS.7CH4/c1-3-7-10-8-4-2-6-9(10)5-1;1-2-4-8-7(3-1)9-5-6-10-8;1-3-8-4-2-6(1)7-5-8;1-2-6-4-3-5(1)7-6;7-9(8)5-3-1-2-4-6-9;2*1-2-4-6-5-3-1;6-4-5-2-1-3-7-4;1-3-6-4-2-5-1;;;;;;;/h9H,1-8H2;1-4H,5-6H2;6-7H,1-5H2;5-6H,1-4H2;6H,1-5H2;6H,1-5H2;2,4,6H,1,3,5H2;1-3H2,(H,5,6);1-5H;7*1H4. The molecule has 13 heterocycles. The first kappa shape index (κ1) is 77.2. The maximum Gasteiger partial charge on any atom is 0.407 e. The molecule has 0 radical (unpaired) electrons. The summed E-state index contributed by atoms with van der Waals surface area (Å²) in [7, 11) is -2.87. The molecule has 0 atom stereocenters. The lowest BCUT2D eigenvalue weighted by Crippen LogP contribution is -2.54. The first-order valence-electron chi connectivity index (χ1n) is 26.8. The zero-order valence-electron chi connectivity index (χ0n) is 41.9. The van der Waals surface area contributed by atoms with Gasteiger partial charge in [0.25, 0.3) is 0 Å². The highest BCUT2D eigenvalue weighted by molar-refractivity contribution is 8.04. The fourth-order valence-corrected chi connectivity index (χ4v) is 11.1. The van der Waals surface area contributed by atoms with Crippen molar-refractivity contribution in [3.05, 3.63) is 59.8 Å². The van der Waals surface area contributed by atoms with Crippen LogP contribution in [0.5, 0.6) is 11.5 Å². The van der Waals surface area contributed by atoms with Crippen molar-refractivity contribution >= 4 is 27.9 Å². The van der Waals surface area contributed by atoms with Crippen LogP contribution in [-0.2, 0) is 19.5 Å². The Morgan fingerprint density at radius 2 is 1.16 bits per heavy atom. The van der Waals surface area contributed by atoms with Crippen LogP contribution in [0.1, 0.15) is 187 Å². The van der Waals surface area contributed by atoms with E-state index >= 15 is 0 Å². The molecule has 10 fully saturated rings. The van der Waals surface area contributed by atoms with Gasteiger partial charge in [-0.3, -0.25) is 4.90 Å². The number of hydrogen-bond donors (Lipinski definition) is 6. The summed E-state index contributed by atoms with van der Waals surface area (Å²) in [5, 5.41) is 19.2. The lowest BCUT2D eigenvalue weighted by atomic mass is 9.93. The van der Waals surface area contributed by atoms with Gasteiger partial charge < -0.3 is 50.4 Å². The number of benzene rings is 1. The molecule has 76 heavy (non-hydrogen) atoms. The van der Waals surface area contributed by atoms with Gasteiger partial charge in [0.05, 0.1) is 24.6 Å². The van der Waals surface area contributed by atoms with E-state index in [1.807, 2.05) is 53.7 Å². The molecule has 0 saturated carbocycles. The summed E-state index contributed by atoms with van der Waals surface area (Å²) in [6.07, 6.45) is 36.5. The number of hydrogen-bond acceptors (Lipinski definition) is 14. The van der Waals surface area contributed by atoms with Crippen LogP contribution in [0.3, 0.4) is 0 Å². The van der Waals surface area contributed by atoms with Crippen molar-refractivity contribution in [1.82, 2.24) is 41.1 Å². The molecule has 0 aromatic heterocycles. The molecular formula is C59H118N8O7S2. The third-order valence-electron chi connectivity index (χ3n) is 13.5. The lowest BCUT2D eigenvalue weighted by molar-refractivity contribution is 0.105. The van der Waals surface area contributed by atoms with Crippen LogP contribution in [0, 0.1) is 0 Å². The predicted molar refractivity (Wildman–Crippen MR) is 329 cm³/mol. The summed E-state index contributed by atoms with van der Waals surface area (Å²) in [4.78, 5) is 15.3. The Morgan fingerprint density at radius 3 is 1.47 bits per heavy atom. The Bertz CT molecular complexity index is 1540. The molecule has 0 spiro atoms. The lowest BCUT2D eigenvalue weighted by Gasteiger charge is -2.39. The fourth-order valence-electron chi connectivity index (χ4n) is 9.50. The normalized spacial score (nSPS) is 25.0. The number of thioether (sulfide) groups is 1. The van der Waals surface area contributed by atoms with Gasteiger partial charge in [0.15, 0.2) is 11.5 Å². The summed E-state index contributed by atoms with van der Waals surface area (Å²) >= 11 is 1.67. The van der Waals surface area contributed by atoms with E-state index in [9.17, 15) is 13.2 Å². The Morgan fingerprint density at radius 1 is 0.566 bits per heavy atom. The Hall–Kier alpha value is -3.03. The van der Waals surface area contributed by atoms with E-state index in [1.54, 1.807) is 11.8 Å². The van der Waals surface area contributed by atoms with Crippen LogP contribution in [0.25, 0.3) is 0 Å². The van der Waals surface area contributed by atoms with Crippen LogP contribution in [0.2, 0.25) is 0 Å². The molecule has 1 aromatic rings. The molecule has 0 unspecified atom stereocenters. The molecular weight excluding hydrogens is 997 g/mol. The number of rotatable bonds is 0. The van der Waals surface area contributed by atoms with Crippen molar-refractivity contribution in [2.45, 2.75) is 211 Å². The zero-order valence-corrected chi connectivity index (χ0v) is 43.5. The Labute approximate surface area is 472 Å². The first-order chi connectivity index (χ1) is 33.9. The van der Waals surface area contributed by atoms with Crippen LogP contribution in [0.4, 0.5) is 4.79 Å². The van der Waals surface area contributed by atoms with Gasteiger partial charge in [-0.25, -0.2) is 17.9 Å². The summed E-state index contributed by atoms with van der Waals surface area (Å²) in [5.41, 5.74) is 0. The third-order valence-corrected chi connectivity index (χ3v) is 15.5. The van der Waals surface area contributed by atoms with Gasteiger partial charge in [0.2, 0.25) is 10.0 Å². The molecule has 448 valence electrons. The summed E-state index contributed by atoms with van der Waals surface area (Å²) in [6.45, 7) is 13.5.